The van der Waals surface area contributed by atoms with Gasteiger partial charge in [0.05, 0.1) is 16.0 Å². The van der Waals surface area contributed by atoms with Gasteiger partial charge in [0.25, 0.3) is 5.91 Å². The van der Waals surface area contributed by atoms with Gasteiger partial charge in [0, 0.05) is 13.1 Å². The van der Waals surface area contributed by atoms with Gasteiger partial charge in [-0.1, -0.05) is 29.8 Å². The zero-order chi connectivity index (χ0) is 19.3. The molecule has 0 aliphatic carbocycles. The Labute approximate surface area is 152 Å². The molecule has 0 heterocycles. The molecule has 2 aromatic rings. The molecule has 3 N–H and O–H groups in total. The molecular formula is C18H20N2O5S. The lowest BCUT2D eigenvalue weighted by molar-refractivity contribution is 0.0691. The minimum absolute atomic E-state index is 0.0172. The van der Waals surface area contributed by atoms with E-state index in [0.717, 1.165) is 5.56 Å². The van der Waals surface area contributed by atoms with E-state index in [9.17, 15) is 18.0 Å². The Morgan fingerprint density at radius 1 is 1.00 bits per heavy atom. The first-order valence-electron chi connectivity index (χ1n) is 7.90. The van der Waals surface area contributed by atoms with Crippen molar-refractivity contribution in [1.29, 1.82) is 0 Å². The van der Waals surface area contributed by atoms with Crippen LogP contribution >= 0.6 is 0 Å². The van der Waals surface area contributed by atoms with Crippen LogP contribution in [0.2, 0.25) is 0 Å². The molecule has 138 valence electrons. The Kier molecular flexibility index (Phi) is 6.12. The minimum atomic E-state index is -3.69. The molecule has 0 unspecified atom stereocenters. The molecule has 0 aliphatic heterocycles. The molecule has 7 nitrogen and oxygen atoms in total. The molecule has 0 saturated carbocycles. The number of aryl methyl sites for hydroxylation is 2. The van der Waals surface area contributed by atoms with Gasteiger partial charge in [-0.05, 0) is 37.6 Å². The van der Waals surface area contributed by atoms with Crippen molar-refractivity contribution in [2.75, 3.05) is 13.1 Å². The molecule has 0 bridgehead atoms. The second-order valence-electron chi connectivity index (χ2n) is 5.77. The van der Waals surface area contributed by atoms with Crippen LogP contribution in [0.15, 0.2) is 47.4 Å². The molecule has 0 aromatic heterocycles. The number of rotatable bonds is 7. The zero-order valence-corrected chi connectivity index (χ0v) is 15.3. The van der Waals surface area contributed by atoms with Gasteiger partial charge in [-0.2, -0.15) is 0 Å². The number of carbonyl (C=O) groups excluding carboxylic acids is 1. The summed E-state index contributed by atoms with van der Waals surface area (Å²) in [4.78, 5) is 23.4. The Balaban J connectivity index is 1.96. The van der Waals surface area contributed by atoms with Crippen LogP contribution in [0.25, 0.3) is 0 Å². The quantitative estimate of drug-likeness (QED) is 0.637. The highest BCUT2D eigenvalue weighted by Crippen LogP contribution is 2.16. The molecule has 0 spiro atoms. The molecule has 8 heteroatoms. The number of sulfonamides is 1. The lowest BCUT2D eigenvalue weighted by Gasteiger charge is -2.11. The summed E-state index contributed by atoms with van der Waals surface area (Å²) in [5, 5.41) is 11.6. The average Bonchev–Trinajstić information content (AvgIpc) is 2.58. The number of hydrogen-bond acceptors (Lipinski definition) is 4. The van der Waals surface area contributed by atoms with Crippen molar-refractivity contribution in [3.05, 3.63) is 64.7 Å². The first kappa shape index (κ1) is 19.6. The van der Waals surface area contributed by atoms with Crippen molar-refractivity contribution in [3.63, 3.8) is 0 Å². The topological polar surface area (TPSA) is 113 Å². The predicted molar refractivity (Wildman–Crippen MR) is 96.8 cm³/mol. The molecule has 0 atom stereocenters. The van der Waals surface area contributed by atoms with Crippen molar-refractivity contribution in [1.82, 2.24) is 10.0 Å². The molecular weight excluding hydrogens is 356 g/mol. The van der Waals surface area contributed by atoms with Crippen molar-refractivity contribution >= 4 is 21.9 Å². The van der Waals surface area contributed by atoms with E-state index >= 15 is 0 Å². The SMILES string of the molecule is Cc1ccc(S(=O)(=O)NCCNC(=O)c2ccccc2C(=O)O)c(C)c1. The first-order valence-corrected chi connectivity index (χ1v) is 9.38. The van der Waals surface area contributed by atoms with Crippen LogP contribution in [0.4, 0.5) is 0 Å². The molecule has 0 radical (unpaired) electrons. The third kappa shape index (κ3) is 4.68. The standard InChI is InChI=1S/C18H20N2O5S/c1-12-7-8-16(13(2)11-12)26(24,25)20-10-9-19-17(21)14-5-3-4-6-15(14)18(22)23/h3-8,11,20H,9-10H2,1-2H3,(H,19,21)(H,22,23). The predicted octanol–water partition coefficient (Wildman–Crippen LogP) is 1.71. The largest absolute Gasteiger partial charge is 0.478 e. The third-order valence-corrected chi connectivity index (χ3v) is 5.35. The highest BCUT2D eigenvalue weighted by molar-refractivity contribution is 7.89. The smallest absolute Gasteiger partial charge is 0.336 e. The van der Waals surface area contributed by atoms with Crippen molar-refractivity contribution in [2.45, 2.75) is 18.7 Å². The van der Waals surface area contributed by atoms with Gasteiger partial charge < -0.3 is 10.4 Å². The zero-order valence-electron chi connectivity index (χ0n) is 14.4. The summed E-state index contributed by atoms with van der Waals surface area (Å²) in [6.07, 6.45) is 0. The summed E-state index contributed by atoms with van der Waals surface area (Å²) in [6, 6.07) is 10.8. The van der Waals surface area contributed by atoms with Gasteiger partial charge in [0.15, 0.2) is 0 Å². The van der Waals surface area contributed by atoms with Crippen LogP contribution in [-0.2, 0) is 10.0 Å². The number of carboxylic acid groups (broad SMARTS) is 1. The normalized spacial score (nSPS) is 11.2. The summed E-state index contributed by atoms with van der Waals surface area (Å²) in [5.41, 5.74) is 1.51. The second kappa shape index (κ2) is 8.11. The summed E-state index contributed by atoms with van der Waals surface area (Å²) in [5.74, 6) is -1.78. The third-order valence-electron chi connectivity index (χ3n) is 3.72. The van der Waals surface area contributed by atoms with E-state index in [-0.39, 0.29) is 29.1 Å². The number of carbonyl (C=O) groups is 2. The van der Waals surface area contributed by atoms with Crippen molar-refractivity contribution < 1.29 is 23.1 Å². The Bertz CT molecular complexity index is 938. The van der Waals surface area contributed by atoms with Gasteiger partial charge in [0.1, 0.15) is 0 Å². The van der Waals surface area contributed by atoms with Gasteiger partial charge >= 0.3 is 5.97 Å². The molecule has 2 aromatic carbocycles. The molecule has 0 saturated heterocycles. The van der Waals surface area contributed by atoms with Gasteiger partial charge in [-0.3, -0.25) is 4.79 Å². The lowest BCUT2D eigenvalue weighted by atomic mass is 10.1. The summed E-state index contributed by atoms with van der Waals surface area (Å²) >= 11 is 0. The number of nitrogens with one attached hydrogen (secondary N) is 2. The minimum Gasteiger partial charge on any atom is -0.478 e. The van der Waals surface area contributed by atoms with E-state index in [1.54, 1.807) is 25.1 Å². The number of aromatic carboxylic acids is 1. The highest BCUT2D eigenvalue weighted by atomic mass is 32.2. The van der Waals surface area contributed by atoms with Crippen LogP contribution in [-0.4, -0.2) is 38.5 Å². The van der Waals surface area contributed by atoms with Crippen LogP contribution in [0, 0.1) is 13.8 Å². The lowest BCUT2D eigenvalue weighted by Crippen LogP contribution is -2.35. The van der Waals surface area contributed by atoms with Crippen LogP contribution in [0.3, 0.4) is 0 Å². The number of hydrogen-bond donors (Lipinski definition) is 3. The maximum Gasteiger partial charge on any atom is 0.336 e. The maximum absolute atomic E-state index is 12.3. The maximum atomic E-state index is 12.3. The monoisotopic (exact) mass is 376 g/mol. The summed E-state index contributed by atoms with van der Waals surface area (Å²) in [6.45, 7) is 3.60. The van der Waals surface area contributed by atoms with Crippen LogP contribution in [0.5, 0.6) is 0 Å². The molecule has 2 rings (SSSR count). The molecule has 26 heavy (non-hydrogen) atoms. The van der Waals surface area contributed by atoms with E-state index in [2.05, 4.69) is 10.0 Å². The van der Waals surface area contributed by atoms with Crippen LogP contribution < -0.4 is 10.0 Å². The molecule has 0 fully saturated rings. The Morgan fingerprint density at radius 2 is 1.65 bits per heavy atom. The van der Waals surface area contributed by atoms with E-state index in [0.29, 0.717) is 5.56 Å². The van der Waals surface area contributed by atoms with Gasteiger partial charge in [0.2, 0.25) is 10.0 Å². The first-order chi connectivity index (χ1) is 12.2. The Hall–Kier alpha value is -2.71. The number of carboxylic acids is 1. The van der Waals surface area contributed by atoms with E-state index in [1.165, 1.54) is 24.3 Å². The number of amides is 1. The molecule has 1 amide bonds. The fourth-order valence-corrected chi connectivity index (χ4v) is 3.76. The molecule has 0 aliphatic rings. The summed E-state index contributed by atoms with van der Waals surface area (Å²) < 4.78 is 27.1. The van der Waals surface area contributed by atoms with Gasteiger partial charge in [-0.25, -0.2) is 17.9 Å². The van der Waals surface area contributed by atoms with E-state index < -0.39 is 21.9 Å². The fourth-order valence-electron chi connectivity index (χ4n) is 2.50. The summed E-state index contributed by atoms with van der Waals surface area (Å²) in [7, 11) is -3.69. The van der Waals surface area contributed by atoms with E-state index in [1.807, 2.05) is 6.92 Å². The van der Waals surface area contributed by atoms with Crippen molar-refractivity contribution in [2.24, 2.45) is 0 Å². The number of benzene rings is 2. The van der Waals surface area contributed by atoms with Crippen molar-refractivity contribution in [3.8, 4) is 0 Å². The Morgan fingerprint density at radius 3 is 2.27 bits per heavy atom. The second-order valence-corrected chi connectivity index (χ2v) is 7.51. The van der Waals surface area contributed by atoms with Crippen LogP contribution in [0.1, 0.15) is 31.8 Å². The van der Waals surface area contributed by atoms with E-state index in [4.69, 9.17) is 5.11 Å². The van der Waals surface area contributed by atoms with Gasteiger partial charge in [-0.15, -0.1) is 0 Å². The highest BCUT2D eigenvalue weighted by Gasteiger charge is 2.17. The average molecular weight is 376 g/mol. The fraction of sp³-hybridized carbons (Fsp3) is 0.222.